The molecule has 0 saturated carbocycles. The van der Waals surface area contributed by atoms with Crippen LogP contribution in [0.25, 0.3) is 11.3 Å². The fourth-order valence-corrected chi connectivity index (χ4v) is 3.17. The predicted octanol–water partition coefficient (Wildman–Crippen LogP) is 3.23. The van der Waals surface area contributed by atoms with E-state index in [9.17, 15) is 9.18 Å². The summed E-state index contributed by atoms with van der Waals surface area (Å²) in [7, 11) is 0. The van der Waals surface area contributed by atoms with Gasteiger partial charge in [-0.1, -0.05) is 12.1 Å². The van der Waals surface area contributed by atoms with Gasteiger partial charge in [0.2, 0.25) is 5.91 Å². The number of hydrogen-bond acceptors (Lipinski definition) is 3. The molecule has 1 fully saturated rings. The van der Waals surface area contributed by atoms with E-state index >= 15 is 0 Å². The Balaban J connectivity index is 1.64. The van der Waals surface area contributed by atoms with E-state index in [0.29, 0.717) is 17.3 Å². The minimum Gasteiger partial charge on any atom is -0.340 e. The topological polar surface area (TPSA) is 46.1 Å². The van der Waals surface area contributed by atoms with Crippen molar-refractivity contribution in [2.45, 2.75) is 38.6 Å². The van der Waals surface area contributed by atoms with Crippen molar-refractivity contribution in [3.05, 3.63) is 47.9 Å². The van der Waals surface area contributed by atoms with Gasteiger partial charge >= 0.3 is 0 Å². The number of benzene rings is 1. The lowest BCUT2D eigenvalue weighted by molar-refractivity contribution is -0.129. The largest absolute Gasteiger partial charge is 0.340 e. The number of carbonyl (C=O) groups is 1. The summed E-state index contributed by atoms with van der Waals surface area (Å²) in [5.74, 6) is -0.147. The lowest BCUT2D eigenvalue weighted by Gasteiger charge is -2.22. The molecule has 5 heteroatoms. The molecule has 120 valence electrons. The van der Waals surface area contributed by atoms with E-state index in [1.165, 1.54) is 6.07 Å². The minimum atomic E-state index is -0.294. The molecule has 1 aliphatic heterocycles. The highest BCUT2D eigenvalue weighted by Gasteiger charge is 2.26. The zero-order valence-corrected chi connectivity index (χ0v) is 13.2. The summed E-state index contributed by atoms with van der Waals surface area (Å²) in [6.45, 7) is 2.49. The third-order valence-electron chi connectivity index (χ3n) is 4.38. The quantitative estimate of drug-likeness (QED) is 0.870. The molecule has 0 aliphatic carbocycles. The van der Waals surface area contributed by atoms with Crippen LogP contribution in [0, 0.1) is 5.82 Å². The Kier molecular flexibility index (Phi) is 4.65. The number of hydrogen-bond donors (Lipinski definition) is 0. The highest BCUT2D eigenvalue weighted by atomic mass is 19.1. The van der Waals surface area contributed by atoms with Crippen molar-refractivity contribution in [1.29, 1.82) is 0 Å². The maximum Gasteiger partial charge on any atom is 0.219 e. The van der Waals surface area contributed by atoms with Crippen LogP contribution in [-0.2, 0) is 11.2 Å². The van der Waals surface area contributed by atoms with Gasteiger partial charge in [0.25, 0.3) is 0 Å². The van der Waals surface area contributed by atoms with Crippen molar-refractivity contribution in [2.75, 3.05) is 6.54 Å². The van der Waals surface area contributed by atoms with E-state index in [-0.39, 0.29) is 11.7 Å². The summed E-state index contributed by atoms with van der Waals surface area (Å²) in [6, 6.07) is 10.6. The number of nitrogens with zero attached hydrogens (tertiary/aromatic N) is 3. The van der Waals surface area contributed by atoms with Crippen molar-refractivity contribution >= 4 is 5.91 Å². The number of rotatable bonds is 4. The van der Waals surface area contributed by atoms with Crippen LogP contribution in [0.2, 0.25) is 0 Å². The van der Waals surface area contributed by atoms with Crippen molar-refractivity contribution in [3.8, 4) is 11.3 Å². The van der Waals surface area contributed by atoms with Gasteiger partial charge in [-0.05, 0) is 49.9 Å². The van der Waals surface area contributed by atoms with E-state index in [1.807, 2.05) is 11.0 Å². The first-order valence-electron chi connectivity index (χ1n) is 8.00. The Morgan fingerprint density at radius 3 is 2.78 bits per heavy atom. The Labute approximate surface area is 135 Å². The average Bonchev–Trinajstić information content (AvgIpc) is 3.03. The third kappa shape index (κ3) is 3.55. The molecule has 0 radical (unpaired) electrons. The summed E-state index contributed by atoms with van der Waals surface area (Å²) in [4.78, 5) is 13.5. The van der Waals surface area contributed by atoms with Gasteiger partial charge in [0.05, 0.1) is 11.4 Å². The zero-order valence-electron chi connectivity index (χ0n) is 13.2. The fraction of sp³-hybridized carbons (Fsp3) is 0.389. The van der Waals surface area contributed by atoms with Crippen LogP contribution in [0.15, 0.2) is 36.4 Å². The monoisotopic (exact) mass is 313 g/mol. The van der Waals surface area contributed by atoms with Gasteiger partial charge < -0.3 is 4.90 Å². The normalized spacial score (nSPS) is 17.5. The number of likely N-dealkylation sites (tertiary alicyclic amines) is 1. The van der Waals surface area contributed by atoms with E-state index in [0.717, 1.165) is 37.9 Å². The van der Waals surface area contributed by atoms with Crippen molar-refractivity contribution < 1.29 is 9.18 Å². The summed E-state index contributed by atoms with van der Waals surface area (Å²) in [5, 5.41) is 8.35. The molecule has 23 heavy (non-hydrogen) atoms. The molecule has 0 spiro atoms. The minimum absolute atomic E-state index is 0.147. The van der Waals surface area contributed by atoms with Crippen LogP contribution < -0.4 is 0 Å². The van der Waals surface area contributed by atoms with Crippen LogP contribution >= 0.6 is 0 Å². The molecule has 1 aromatic carbocycles. The van der Waals surface area contributed by atoms with Crippen molar-refractivity contribution in [2.24, 2.45) is 0 Å². The van der Waals surface area contributed by atoms with Gasteiger partial charge in [0, 0.05) is 25.1 Å². The van der Waals surface area contributed by atoms with Crippen LogP contribution in [0.4, 0.5) is 4.39 Å². The summed E-state index contributed by atoms with van der Waals surface area (Å²) >= 11 is 0. The highest BCUT2D eigenvalue weighted by molar-refractivity contribution is 5.73. The van der Waals surface area contributed by atoms with E-state index in [4.69, 9.17) is 0 Å². The van der Waals surface area contributed by atoms with E-state index < -0.39 is 0 Å². The maximum atomic E-state index is 13.7. The molecule has 1 atom stereocenters. The van der Waals surface area contributed by atoms with Crippen LogP contribution in [0.3, 0.4) is 0 Å². The van der Waals surface area contributed by atoms with Crippen LogP contribution in [0.5, 0.6) is 0 Å². The average molecular weight is 313 g/mol. The number of aryl methyl sites for hydroxylation is 1. The zero-order chi connectivity index (χ0) is 16.2. The van der Waals surface area contributed by atoms with Gasteiger partial charge in [0.1, 0.15) is 5.82 Å². The van der Waals surface area contributed by atoms with Gasteiger partial charge in [0.15, 0.2) is 0 Å². The molecule has 2 aromatic rings. The second kappa shape index (κ2) is 6.86. The van der Waals surface area contributed by atoms with Crippen molar-refractivity contribution in [3.63, 3.8) is 0 Å². The number of aromatic nitrogens is 2. The smallest absolute Gasteiger partial charge is 0.219 e. The molecule has 1 aromatic heterocycles. The summed E-state index contributed by atoms with van der Waals surface area (Å²) < 4.78 is 13.7. The number of halogens is 1. The highest BCUT2D eigenvalue weighted by Crippen LogP contribution is 2.23. The second-order valence-electron chi connectivity index (χ2n) is 5.94. The summed E-state index contributed by atoms with van der Waals surface area (Å²) in [5.41, 5.74) is 1.88. The number of amides is 1. The van der Waals surface area contributed by atoms with Gasteiger partial charge in [-0.3, -0.25) is 4.79 Å². The first-order valence-corrected chi connectivity index (χ1v) is 8.00. The van der Waals surface area contributed by atoms with Gasteiger partial charge in [-0.2, -0.15) is 10.2 Å². The molecule has 0 bridgehead atoms. The fourth-order valence-electron chi connectivity index (χ4n) is 3.17. The molecule has 1 saturated heterocycles. The molecular formula is C18H20FN3O. The Bertz CT molecular complexity index is 687. The lowest BCUT2D eigenvalue weighted by atomic mass is 10.1. The van der Waals surface area contributed by atoms with E-state index in [2.05, 4.69) is 10.2 Å². The van der Waals surface area contributed by atoms with Crippen LogP contribution in [0.1, 0.15) is 31.9 Å². The third-order valence-corrected chi connectivity index (χ3v) is 4.38. The second-order valence-corrected chi connectivity index (χ2v) is 5.94. The lowest BCUT2D eigenvalue weighted by Crippen LogP contribution is -2.33. The molecular weight excluding hydrogens is 293 g/mol. The molecule has 0 unspecified atom stereocenters. The standard InChI is InChI=1S/C18H20FN3O/c1-13(23)22-12-4-5-15(22)10-8-14-9-11-18(21-20-14)16-6-2-3-7-17(16)19/h2-3,6-7,9,11,15H,4-5,8,10,12H2,1H3/t15-/m0/s1. The Morgan fingerprint density at radius 1 is 1.26 bits per heavy atom. The number of carbonyl (C=O) groups excluding carboxylic acids is 1. The SMILES string of the molecule is CC(=O)N1CCC[C@H]1CCc1ccc(-c2ccccc2F)nn1. The predicted molar refractivity (Wildman–Crippen MR) is 86.2 cm³/mol. The summed E-state index contributed by atoms with van der Waals surface area (Å²) in [6.07, 6.45) is 3.80. The molecule has 3 rings (SSSR count). The Hall–Kier alpha value is -2.30. The molecule has 1 aliphatic rings. The first kappa shape index (κ1) is 15.6. The van der Waals surface area contributed by atoms with Crippen molar-refractivity contribution in [1.82, 2.24) is 15.1 Å². The molecule has 2 heterocycles. The van der Waals surface area contributed by atoms with E-state index in [1.54, 1.807) is 31.2 Å². The van der Waals surface area contributed by atoms with Gasteiger partial charge in [-0.25, -0.2) is 4.39 Å². The Morgan fingerprint density at radius 2 is 2.09 bits per heavy atom. The molecule has 4 nitrogen and oxygen atoms in total. The molecule has 0 N–H and O–H groups in total. The molecule has 1 amide bonds. The first-order chi connectivity index (χ1) is 11.1. The van der Waals surface area contributed by atoms with Crippen LogP contribution in [-0.4, -0.2) is 33.6 Å². The maximum absolute atomic E-state index is 13.7. The van der Waals surface area contributed by atoms with Gasteiger partial charge in [-0.15, -0.1) is 0 Å².